The quantitative estimate of drug-likeness (QED) is 0.234. The van der Waals surface area contributed by atoms with Gasteiger partial charge in [-0.1, -0.05) is 20.3 Å². The molecule has 4 nitrogen and oxygen atoms in total. The maximum atomic E-state index is 14.8. The third-order valence-electron chi connectivity index (χ3n) is 6.32. The molecule has 216 valence electrons. The highest BCUT2D eigenvalue weighted by Gasteiger charge is 2.46. The molecule has 0 bridgehead atoms. The molecule has 1 fully saturated rings. The second kappa shape index (κ2) is 10.6. The van der Waals surface area contributed by atoms with Crippen LogP contribution in [0.2, 0.25) is 0 Å². The van der Waals surface area contributed by atoms with E-state index in [2.05, 4.69) is 4.74 Å². The van der Waals surface area contributed by atoms with Crippen LogP contribution >= 0.6 is 0 Å². The van der Waals surface area contributed by atoms with E-state index in [0.29, 0.717) is 18.6 Å². The Labute approximate surface area is 221 Å². The molecule has 3 aromatic rings. The Balaban J connectivity index is 1.61. The van der Waals surface area contributed by atoms with Crippen LogP contribution in [0.5, 0.6) is 5.75 Å². The molecule has 0 unspecified atom stereocenters. The molecule has 0 aromatic heterocycles. The molecule has 1 N–H and O–H groups in total. The van der Waals surface area contributed by atoms with E-state index in [0.717, 1.165) is 6.42 Å². The van der Waals surface area contributed by atoms with Crippen LogP contribution in [0.15, 0.2) is 36.4 Å². The van der Waals surface area contributed by atoms with Crippen LogP contribution in [0.25, 0.3) is 11.1 Å². The van der Waals surface area contributed by atoms with Crippen molar-refractivity contribution < 1.29 is 58.8 Å². The van der Waals surface area contributed by atoms with E-state index in [-0.39, 0.29) is 37.5 Å². The molecular formula is C27H21F9O4. The van der Waals surface area contributed by atoms with Crippen molar-refractivity contribution in [2.24, 2.45) is 5.41 Å². The fourth-order valence-corrected chi connectivity index (χ4v) is 4.36. The Kier molecular flexibility index (Phi) is 7.87. The summed E-state index contributed by atoms with van der Waals surface area (Å²) in [4.78, 5) is 0. The molecule has 0 atom stereocenters. The van der Waals surface area contributed by atoms with E-state index >= 15 is 0 Å². The minimum atomic E-state index is -4.85. The molecule has 40 heavy (non-hydrogen) atoms. The first-order chi connectivity index (χ1) is 18.6. The summed E-state index contributed by atoms with van der Waals surface area (Å²) in [5.74, 6) is -16.4. The van der Waals surface area contributed by atoms with Gasteiger partial charge in [-0.25, -0.2) is 30.7 Å². The van der Waals surface area contributed by atoms with E-state index in [1.54, 1.807) is 6.92 Å². The minimum absolute atomic E-state index is 0.0636. The molecule has 3 aromatic carbocycles. The van der Waals surface area contributed by atoms with Gasteiger partial charge in [0.25, 0.3) is 0 Å². The number of hydrogen-bond acceptors (Lipinski definition) is 4. The lowest BCUT2D eigenvalue weighted by Gasteiger charge is -2.41. The molecule has 0 saturated carbocycles. The summed E-state index contributed by atoms with van der Waals surface area (Å²) in [7, 11) is 0. The Morgan fingerprint density at radius 2 is 1.30 bits per heavy atom. The number of ether oxygens (including phenoxy) is 3. The number of alkyl halides is 2. The lowest BCUT2D eigenvalue weighted by atomic mass is 9.86. The third kappa shape index (κ3) is 5.63. The fraction of sp³-hybridized carbons (Fsp3) is 0.333. The van der Waals surface area contributed by atoms with Crippen molar-refractivity contribution in [3.63, 3.8) is 0 Å². The summed E-state index contributed by atoms with van der Waals surface area (Å²) in [5.41, 5.74) is -5.03. The standard InChI is InChI=1S/C27H21F9O4/c1-3-4-25(2)11-38-27(37,39-12-25)14-7-18(30)23(19(31)8-14)26(35,36)40-15-9-16(28)22(17(29)10-15)13-5-20(32)24(34)21(33)6-13/h5-10,37H,3-4,11-12H2,1-2H3. The normalized spacial score (nSPS) is 21.5. The van der Waals surface area contributed by atoms with Gasteiger partial charge in [0.15, 0.2) is 17.5 Å². The van der Waals surface area contributed by atoms with E-state index in [1.165, 1.54) is 0 Å². The van der Waals surface area contributed by atoms with E-state index in [1.807, 2.05) is 6.92 Å². The van der Waals surface area contributed by atoms with Gasteiger partial charge in [-0.15, -0.1) is 0 Å². The number of halogens is 9. The largest absolute Gasteiger partial charge is 0.432 e. The molecule has 1 saturated heterocycles. The van der Waals surface area contributed by atoms with Crippen molar-refractivity contribution in [2.45, 2.75) is 38.8 Å². The maximum Gasteiger partial charge on any atom is 0.432 e. The highest BCUT2D eigenvalue weighted by atomic mass is 19.3. The second-order valence-corrected chi connectivity index (χ2v) is 9.67. The van der Waals surface area contributed by atoms with Gasteiger partial charge < -0.3 is 19.3 Å². The highest BCUT2D eigenvalue weighted by molar-refractivity contribution is 5.66. The molecule has 1 aliphatic heterocycles. The fourth-order valence-electron chi connectivity index (χ4n) is 4.36. The van der Waals surface area contributed by atoms with Crippen molar-refractivity contribution in [1.29, 1.82) is 0 Å². The van der Waals surface area contributed by atoms with Crippen LogP contribution in [-0.2, 0) is 21.6 Å². The molecule has 0 amide bonds. The highest BCUT2D eigenvalue weighted by Crippen LogP contribution is 2.41. The average molecular weight is 580 g/mol. The smallest absolute Gasteiger partial charge is 0.429 e. The summed E-state index contributed by atoms with van der Waals surface area (Å²) in [5, 5.41) is 10.6. The predicted molar refractivity (Wildman–Crippen MR) is 121 cm³/mol. The molecule has 1 aliphatic rings. The molecule has 0 radical (unpaired) electrons. The van der Waals surface area contributed by atoms with Crippen LogP contribution in [0.4, 0.5) is 39.5 Å². The van der Waals surface area contributed by atoms with Gasteiger partial charge in [0.1, 0.15) is 34.6 Å². The second-order valence-electron chi connectivity index (χ2n) is 9.67. The Morgan fingerprint density at radius 3 is 1.77 bits per heavy atom. The van der Waals surface area contributed by atoms with E-state index < -0.39 is 86.2 Å². The van der Waals surface area contributed by atoms with Gasteiger partial charge in [-0.2, -0.15) is 8.78 Å². The van der Waals surface area contributed by atoms with Gasteiger partial charge in [-0.05, 0) is 36.2 Å². The first kappa shape index (κ1) is 29.7. The van der Waals surface area contributed by atoms with Crippen LogP contribution in [-0.4, -0.2) is 18.3 Å². The average Bonchev–Trinajstić information content (AvgIpc) is 2.83. The van der Waals surface area contributed by atoms with Gasteiger partial charge >= 0.3 is 12.1 Å². The third-order valence-corrected chi connectivity index (χ3v) is 6.32. The van der Waals surface area contributed by atoms with Crippen LogP contribution in [0.1, 0.15) is 37.8 Å². The number of benzene rings is 3. The van der Waals surface area contributed by atoms with Crippen molar-refractivity contribution in [2.75, 3.05) is 13.2 Å². The van der Waals surface area contributed by atoms with Crippen LogP contribution < -0.4 is 4.74 Å². The molecule has 13 heteroatoms. The first-order valence-corrected chi connectivity index (χ1v) is 11.8. The zero-order valence-electron chi connectivity index (χ0n) is 20.9. The zero-order chi connectivity index (χ0) is 29.6. The van der Waals surface area contributed by atoms with Crippen molar-refractivity contribution in [3.8, 4) is 16.9 Å². The molecule has 1 heterocycles. The molecular weight excluding hydrogens is 559 g/mol. The van der Waals surface area contributed by atoms with Gasteiger partial charge in [0.05, 0.1) is 18.8 Å². The number of hydrogen-bond donors (Lipinski definition) is 1. The monoisotopic (exact) mass is 580 g/mol. The Morgan fingerprint density at radius 1 is 0.800 bits per heavy atom. The minimum Gasteiger partial charge on any atom is -0.429 e. The summed E-state index contributed by atoms with van der Waals surface area (Å²) in [6.45, 7) is 3.58. The summed E-state index contributed by atoms with van der Waals surface area (Å²) in [6, 6.07) is 1.57. The van der Waals surface area contributed by atoms with Gasteiger partial charge in [-0.3, -0.25) is 0 Å². The SMILES string of the molecule is CCCC1(C)COC(O)(c2cc(F)c(C(F)(F)Oc3cc(F)c(-c4cc(F)c(F)c(F)c4)c(F)c3)c(F)c2)OC1. The van der Waals surface area contributed by atoms with E-state index in [9.17, 15) is 44.6 Å². The summed E-state index contributed by atoms with van der Waals surface area (Å²) in [6.07, 6.45) is -3.44. The van der Waals surface area contributed by atoms with Crippen LogP contribution in [0, 0.1) is 46.1 Å². The van der Waals surface area contributed by atoms with Gasteiger partial charge in [0.2, 0.25) is 0 Å². The Hall–Kier alpha value is -3.29. The zero-order valence-corrected chi connectivity index (χ0v) is 20.9. The molecule has 0 spiro atoms. The number of aliphatic hydroxyl groups is 1. The van der Waals surface area contributed by atoms with Crippen LogP contribution in [0.3, 0.4) is 0 Å². The topological polar surface area (TPSA) is 47.9 Å². The lowest BCUT2D eigenvalue weighted by Crippen LogP contribution is -2.46. The molecule has 4 rings (SSSR count). The maximum absolute atomic E-state index is 14.8. The first-order valence-electron chi connectivity index (χ1n) is 11.8. The molecule has 0 aliphatic carbocycles. The lowest BCUT2D eigenvalue weighted by molar-refractivity contribution is -0.415. The Bertz CT molecular complexity index is 1370. The summed E-state index contributed by atoms with van der Waals surface area (Å²) < 4.78 is 143. The van der Waals surface area contributed by atoms with Crippen molar-refractivity contribution in [1.82, 2.24) is 0 Å². The van der Waals surface area contributed by atoms with Gasteiger partial charge in [0, 0.05) is 23.1 Å². The van der Waals surface area contributed by atoms with Crippen molar-refractivity contribution in [3.05, 3.63) is 88.2 Å². The van der Waals surface area contributed by atoms with Crippen molar-refractivity contribution >= 4 is 0 Å². The predicted octanol–water partition coefficient (Wildman–Crippen LogP) is 7.41. The number of rotatable bonds is 7. The van der Waals surface area contributed by atoms with E-state index in [4.69, 9.17) is 9.47 Å². The summed E-state index contributed by atoms with van der Waals surface area (Å²) >= 11 is 0.